The van der Waals surface area contributed by atoms with Gasteiger partial charge in [-0.05, 0) is 37.6 Å². The zero-order valence-electron chi connectivity index (χ0n) is 14.2. The Kier molecular flexibility index (Phi) is 4.88. The third-order valence-electron chi connectivity index (χ3n) is 3.68. The molecule has 0 aliphatic rings. The summed E-state index contributed by atoms with van der Waals surface area (Å²) in [4.78, 5) is 13.2. The van der Waals surface area contributed by atoms with Crippen molar-refractivity contribution in [1.82, 2.24) is 15.0 Å². The Hall–Kier alpha value is -3.02. The van der Waals surface area contributed by atoms with E-state index in [1.54, 1.807) is 24.4 Å². The van der Waals surface area contributed by atoms with Crippen molar-refractivity contribution in [3.63, 3.8) is 0 Å². The number of pyridine rings is 1. The van der Waals surface area contributed by atoms with Crippen LogP contribution < -0.4 is 11.1 Å². The van der Waals surface area contributed by atoms with Crippen molar-refractivity contribution < 1.29 is 4.39 Å². The smallest absolute Gasteiger partial charge is 0.182 e. The van der Waals surface area contributed by atoms with Gasteiger partial charge in [0, 0.05) is 24.2 Å². The average Bonchev–Trinajstić information content (AvgIpc) is 2.59. The predicted molar refractivity (Wildman–Crippen MR) is 97.6 cm³/mol. The molecule has 0 radical (unpaired) electrons. The minimum Gasteiger partial charge on any atom is -0.383 e. The molecule has 5 nitrogen and oxygen atoms in total. The van der Waals surface area contributed by atoms with E-state index < -0.39 is 0 Å². The summed E-state index contributed by atoms with van der Waals surface area (Å²) in [6.07, 6.45) is 1.99. The van der Waals surface area contributed by atoms with Crippen LogP contribution in [-0.2, 0) is 6.42 Å². The highest BCUT2D eigenvalue weighted by Gasteiger charge is 2.16. The van der Waals surface area contributed by atoms with E-state index in [9.17, 15) is 4.39 Å². The van der Waals surface area contributed by atoms with Crippen LogP contribution in [0.15, 0.2) is 48.7 Å². The second-order valence-corrected chi connectivity index (χ2v) is 6.04. The number of halogens is 1. The molecule has 0 aliphatic heterocycles. The Balaban J connectivity index is 2.06. The molecule has 0 aliphatic carbocycles. The van der Waals surface area contributed by atoms with Gasteiger partial charge in [-0.15, -0.1) is 0 Å². The molecule has 3 rings (SSSR count). The van der Waals surface area contributed by atoms with Gasteiger partial charge in [-0.2, -0.15) is 0 Å². The Labute approximate surface area is 146 Å². The minimum absolute atomic E-state index is 0.144. The van der Waals surface area contributed by atoms with E-state index in [1.165, 1.54) is 6.07 Å². The Morgan fingerprint density at radius 1 is 1.08 bits per heavy atom. The van der Waals surface area contributed by atoms with E-state index in [0.29, 0.717) is 40.7 Å². The van der Waals surface area contributed by atoms with Crippen molar-refractivity contribution in [2.75, 3.05) is 11.1 Å². The predicted octanol–water partition coefficient (Wildman–Crippen LogP) is 3.67. The largest absolute Gasteiger partial charge is 0.383 e. The average molecular weight is 337 g/mol. The molecular formula is C19H20FN5. The number of nitrogen functional groups attached to an aromatic ring is 1. The Bertz CT molecular complexity index is 865. The summed E-state index contributed by atoms with van der Waals surface area (Å²) < 4.78 is 14.0. The molecule has 0 bridgehead atoms. The van der Waals surface area contributed by atoms with Gasteiger partial charge in [0.25, 0.3) is 0 Å². The normalized spacial score (nSPS) is 10.9. The highest BCUT2D eigenvalue weighted by Crippen LogP contribution is 2.27. The van der Waals surface area contributed by atoms with Gasteiger partial charge in [0.2, 0.25) is 0 Å². The number of anilines is 2. The van der Waals surface area contributed by atoms with Crippen LogP contribution in [0, 0.1) is 5.82 Å². The third-order valence-corrected chi connectivity index (χ3v) is 3.68. The van der Waals surface area contributed by atoms with Gasteiger partial charge >= 0.3 is 0 Å². The molecule has 0 fully saturated rings. The lowest BCUT2D eigenvalue weighted by Gasteiger charge is -2.17. The molecule has 3 N–H and O–H groups in total. The van der Waals surface area contributed by atoms with Crippen LogP contribution in [0.1, 0.15) is 25.0 Å². The molecule has 1 aromatic carbocycles. The summed E-state index contributed by atoms with van der Waals surface area (Å²) >= 11 is 0. The van der Waals surface area contributed by atoms with Crippen LogP contribution in [0.25, 0.3) is 11.5 Å². The highest BCUT2D eigenvalue weighted by molar-refractivity contribution is 5.63. The van der Waals surface area contributed by atoms with Crippen molar-refractivity contribution >= 4 is 11.6 Å². The van der Waals surface area contributed by atoms with Gasteiger partial charge in [0.05, 0.1) is 0 Å². The lowest BCUT2D eigenvalue weighted by Crippen LogP contribution is -2.16. The topological polar surface area (TPSA) is 76.7 Å². The molecule has 25 heavy (non-hydrogen) atoms. The first-order valence-corrected chi connectivity index (χ1v) is 8.12. The molecule has 128 valence electrons. The number of hydrogen-bond donors (Lipinski definition) is 2. The molecular weight excluding hydrogens is 317 g/mol. The van der Waals surface area contributed by atoms with Crippen LogP contribution in [0.2, 0.25) is 0 Å². The summed E-state index contributed by atoms with van der Waals surface area (Å²) in [6.45, 7) is 4.01. The van der Waals surface area contributed by atoms with E-state index in [4.69, 9.17) is 5.73 Å². The van der Waals surface area contributed by atoms with Crippen molar-refractivity contribution in [2.45, 2.75) is 26.3 Å². The third kappa shape index (κ3) is 3.91. The number of hydrogen-bond acceptors (Lipinski definition) is 5. The van der Waals surface area contributed by atoms with Crippen LogP contribution >= 0.6 is 0 Å². The summed E-state index contributed by atoms with van der Waals surface area (Å²) in [7, 11) is 0. The summed E-state index contributed by atoms with van der Waals surface area (Å²) in [5.41, 5.74) is 8.06. The lowest BCUT2D eigenvalue weighted by atomic mass is 10.0. The monoisotopic (exact) mass is 337 g/mol. The molecule has 0 spiro atoms. The van der Waals surface area contributed by atoms with Gasteiger partial charge in [-0.1, -0.05) is 24.3 Å². The Morgan fingerprint density at radius 2 is 1.84 bits per heavy atom. The SMILES string of the molecule is CC(C)Nc1nc(-c2ccccn2)nc(N)c1Cc1ccccc1F. The van der Waals surface area contributed by atoms with Gasteiger partial charge in [-0.3, -0.25) is 4.98 Å². The first kappa shape index (κ1) is 16.8. The summed E-state index contributed by atoms with van der Waals surface area (Å²) in [5, 5.41) is 3.28. The first-order valence-electron chi connectivity index (χ1n) is 8.12. The van der Waals surface area contributed by atoms with Crippen LogP contribution in [0.3, 0.4) is 0 Å². The molecule has 2 aromatic heterocycles. The molecule has 6 heteroatoms. The second-order valence-electron chi connectivity index (χ2n) is 6.04. The Morgan fingerprint density at radius 3 is 2.52 bits per heavy atom. The fourth-order valence-corrected chi connectivity index (χ4v) is 2.51. The molecule has 0 unspecified atom stereocenters. The maximum atomic E-state index is 14.0. The van der Waals surface area contributed by atoms with Crippen LogP contribution in [0.4, 0.5) is 16.0 Å². The van der Waals surface area contributed by atoms with Crippen LogP contribution in [-0.4, -0.2) is 21.0 Å². The standard InChI is InChI=1S/C19H20FN5/c1-12(2)23-18-14(11-13-7-3-4-8-15(13)20)17(21)24-19(25-18)16-9-5-6-10-22-16/h3-10,12H,11H2,1-2H3,(H3,21,23,24,25). The number of nitrogens with zero attached hydrogens (tertiary/aromatic N) is 3. The number of nitrogens with two attached hydrogens (primary N) is 1. The number of rotatable bonds is 5. The van der Waals surface area contributed by atoms with Crippen molar-refractivity contribution in [3.8, 4) is 11.5 Å². The molecule has 2 heterocycles. The number of benzene rings is 1. The van der Waals surface area contributed by atoms with Crippen molar-refractivity contribution in [2.24, 2.45) is 0 Å². The zero-order chi connectivity index (χ0) is 17.8. The molecule has 0 saturated carbocycles. The number of nitrogens with one attached hydrogen (secondary N) is 1. The fourth-order valence-electron chi connectivity index (χ4n) is 2.51. The van der Waals surface area contributed by atoms with Gasteiger partial charge < -0.3 is 11.1 Å². The molecule has 0 saturated heterocycles. The minimum atomic E-state index is -0.272. The summed E-state index contributed by atoms with van der Waals surface area (Å²) in [6, 6.07) is 12.3. The number of aromatic nitrogens is 3. The van der Waals surface area contributed by atoms with E-state index >= 15 is 0 Å². The van der Waals surface area contributed by atoms with E-state index in [1.807, 2.05) is 32.0 Å². The fraction of sp³-hybridized carbons (Fsp3) is 0.211. The van der Waals surface area contributed by atoms with Crippen molar-refractivity contribution in [3.05, 3.63) is 65.6 Å². The van der Waals surface area contributed by atoms with Gasteiger partial charge in [0.15, 0.2) is 5.82 Å². The maximum Gasteiger partial charge on any atom is 0.182 e. The second kappa shape index (κ2) is 7.25. The first-order chi connectivity index (χ1) is 12.0. The molecule has 3 aromatic rings. The molecule has 0 amide bonds. The zero-order valence-corrected chi connectivity index (χ0v) is 14.2. The van der Waals surface area contributed by atoms with Crippen LogP contribution in [0.5, 0.6) is 0 Å². The highest BCUT2D eigenvalue weighted by atomic mass is 19.1. The van der Waals surface area contributed by atoms with E-state index in [-0.39, 0.29) is 11.9 Å². The molecule has 0 atom stereocenters. The van der Waals surface area contributed by atoms with E-state index in [2.05, 4.69) is 20.3 Å². The van der Waals surface area contributed by atoms with Gasteiger partial charge in [-0.25, -0.2) is 14.4 Å². The maximum absolute atomic E-state index is 14.0. The summed E-state index contributed by atoms with van der Waals surface area (Å²) in [5.74, 6) is 1.10. The lowest BCUT2D eigenvalue weighted by molar-refractivity contribution is 0.614. The van der Waals surface area contributed by atoms with Crippen molar-refractivity contribution in [1.29, 1.82) is 0 Å². The van der Waals surface area contributed by atoms with E-state index in [0.717, 1.165) is 0 Å². The van der Waals surface area contributed by atoms with Gasteiger partial charge in [0.1, 0.15) is 23.1 Å². The quantitative estimate of drug-likeness (QED) is 0.743.